The van der Waals surface area contributed by atoms with Gasteiger partial charge < -0.3 is 4.74 Å². The first-order valence-electron chi connectivity index (χ1n) is 4.97. The molecule has 2 rings (SSSR count). The molecule has 0 aliphatic carbocycles. The first kappa shape index (κ1) is 11.3. The lowest BCUT2D eigenvalue weighted by Crippen LogP contribution is -1.98. The van der Waals surface area contributed by atoms with Crippen molar-refractivity contribution in [3.8, 4) is 0 Å². The summed E-state index contributed by atoms with van der Waals surface area (Å²) in [6.45, 7) is 2.00. The zero-order chi connectivity index (χ0) is 12.3. The van der Waals surface area contributed by atoms with Crippen molar-refractivity contribution in [3.05, 3.63) is 29.6 Å². The Bertz CT molecular complexity index is 577. The lowest BCUT2D eigenvalue weighted by atomic mass is 10.2. The summed E-state index contributed by atoms with van der Waals surface area (Å²) in [5, 5.41) is 6.93. The second kappa shape index (κ2) is 4.73. The molecule has 1 aromatic carbocycles. The largest absolute Gasteiger partial charge is 0.463 e. The topological polar surface area (TPSA) is 65.2 Å². The van der Waals surface area contributed by atoms with Crippen LogP contribution < -0.4 is 0 Å². The Morgan fingerprint density at radius 2 is 2.35 bits per heavy atom. The minimum atomic E-state index is -0.549. The summed E-state index contributed by atoms with van der Waals surface area (Å²) in [6.07, 6.45) is 2.66. The smallest absolute Gasteiger partial charge is 0.330 e. The number of carbonyl (C=O) groups excluding carboxylic acids is 1. The van der Waals surface area contributed by atoms with Crippen molar-refractivity contribution in [1.29, 1.82) is 0 Å². The van der Waals surface area contributed by atoms with E-state index in [1.54, 1.807) is 13.0 Å². The van der Waals surface area contributed by atoms with E-state index < -0.39 is 11.8 Å². The molecule has 0 saturated carbocycles. The summed E-state index contributed by atoms with van der Waals surface area (Å²) < 4.78 is 22.5. The molecule has 0 atom stereocenters. The van der Waals surface area contributed by atoms with Crippen molar-refractivity contribution in [3.63, 3.8) is 0 Å². The highest BCUT2D eigenvalue weighted by molar-refractivity contribution is 5.88. The predicted octanol–water partition coefficient (Wildman–Crippen LogP) is 1.94. The first-order chi connectivity index (χ1) is 8.20. The minimum Gasteiger partial charge on any atom is -0.463 e. The van der Waals surface area contributed by atoms with E-state index in [2.05, 4.69) is 14.9 Å². The molecule has 2 aromatic rings. The lowest BCUT2D eigenvalue weighted by Gasteiger charge is -1.96. The summed E-state index contributed by atoms with van der Waals surface area (Å²) in [7, 11) is 0. The third-order valence-electron chi connectivity index (χ3n) is 2.04. The normalized spacial score (nSPS) is 11.2. The summed E-state index contributed by atoms with van der Waals surface area (Å²) in [5.74, 6) is -1.03. The van der Waals surface area contributed by atoms with Gasteiger partial charge in [0.25, 0.3) is 0 Å². The fourth-order valence-corrected chi connectivity index (χ4v) is 1.32. The summed E-state index contributed by atoms with van der Waals surface area (Å²) in [5.41, 5.74) is 0.852. The van der Waals surface area contributed by atoms with Gasteiger partial charge in [-0.05, 0) is 41.0 Å². The van der Waals surface area contributed by atoms with E-state index in [-0.39, 0.29) is 5.52 Å². The molecular formula is C11H9FN2O3. The SMILES string of the molecule is CCOC(=O)C=Cc1cc(F)c2nonc2c1. The van der Waals surface area contributed by atoms with Crippen LogP contribution in [0.4, 0.5) is 4.39 Å². The number of rotatable bonds is 3. The molecule has 1 heterocycles. The van der Waals surface area contributed by atoms with E-state index in [0.717, 1.165) is 0 Å². The molecule has 0 saturated heterocycles. The Balaban J connectivity index is 2.27. The first-order valence-corrected chi connectivity index (χ1v) is 4.97. The number of halogens is 1. The van der Waals surface area contributed by atoms with Gasteiger partial charge in [-0.1, -0.05) is 0 Å². The van der Waals surface area contributed by atoms with Crippen LogP contribution in [0.1, 0.15) is 12.5 Å². The molecule has 88 valence electrons. The maximum absolute atomic E-state index is 13.4. The maximum Gasteiger partial charge on any atom is 0.330 e. The van der Waals surface area contributed by atoms with Crippen molar-refractivity contribution in [1.82, 2.24) is 10.3 Å². The average molecular weight is 236 g/mol. The molecule has 0 amide bonds. The van der Waals surface area contributed by atoms with Crippen LogP contribution in [-0.4, -0.2) is 22.9 Å². The standard InChI is InChI=1S/C11H9FN2O3/c1-2-16-10(15)4-3-7-5-8(12)11-9(6-7)13-17-14-11/h3-6H,2H2,1H3. The number of nitrogens with zero attached hydrogens (tertiary/aromatic N) is 2. The molecule has 0 aliphatic rings. The highest BCUT2D eigenvalue weighted by Crippen LogP contribution is 2.17. The van der Waals surface area contributed by atoms with Crippen LogP contribution >= 0.6 is 0 Å². The minimum absolute atomic E-state index is 0.0679. The van der Waals surface area contributed by atoms with Gasteiger partial charge in [-0.3, -0.25) is 0 Å². The highest BCUT2D eigenvalue weighted by Gasteiger charge is 2.07. The van der Waals surface area contributed by atoms with Gasteiger partial charge in [-0.15, -0.1) is 0 Å². The van der Waals surface area contributed by atoms with Crippen LogP contribution in [0.3, 0.4) is 0 Å². The number of benzene rings is 1. The third-order valence-corrected chi connectivity index (χ3v) is 2.04. The van der Waals surface area contributed by atoms with Gasteiger partial charge in [0.1, 0.15) is 5.52 Å². The summed E-state index contributed by atoms with van der Waals surface area (Å²) in [4.78, 5) is 11.1. The molecule has 0 radical (unpaired) electrons. The van der Waals surface area contributed by atoms with Gasteiger partial charge >= 0.3 is 5.97 Å². The number of carbonyl (C=O) groups is 1. The van der Waals surface area contributed by atoms with Crippen LogP contribution in [-0.2, 0) is 9.53 Å². The fraction of sp³-hybridized carbons (Fsp3) is 0.182. The van der Waals surface area contributed by atoms with Gasteiger partial charge in [-0.25, -0.2) is 13.8 Å². The van der Waals surface area contributed by atoms with E-state index in [0.29, 0.717) is 17.7 Å². The zero-order valence-electron chi connectivity index (χ0n) is 9.01. The predicted molar refractivity (Wildman–Crippen MR) is 57.4 cm³/mol. The highest BCUT2D eigenvalue weighted by atomic mass is 19.1. The summed E-state index contributed by atoms with van der Waals surface area (Å²) in [6, 6.07) is 2.80. The number of hydrogen-bond donors (Lipinski definition) is 0. The van der Waals surface area contributed by atoms with Gasteiger partial charge in [0, 0.05) is 6.08 Å². The second-order valence-electron chi connectivity index (χ2n) is 3.22. The van der Waals surface area contributed by atoms with Crippen molar-refractivity contribution < 1.29 is 18.6 Å². The molecule has 0 bridgehead atoms. The fourth-order valence-electron chi connectivity index (χ4n) is 1.32. The molecule has 17 heavy (non-hydrogen) atoms. The van der Waals surface area contributed by atoms with Crippen LogP contribution in [0, 0.1) is 5.82 Å². The van der Waals surface area contributed by atoms with Crippen molar-refractivity contribution in [2.45, 2.75) is 6.92 Å². The van der Waals surface area contributed by atoms with Gasteiger partial charge in [0.2, 0.25) is 0 Å². The number of fused-ring (bicyclic) bond motifs is 1. The molecule has 6 heteroatoms. The van der Waals surface area contributed by atoms with Crippen LogP contribution in [0.25, 0.3) is 17.1 Å². The number of esters is 1. The van der Waals surface area contributed by atoms with Gasteiger partial charge in [0.15, 0.2) is 11.3 Å². The second-order valence-corrected chi connectivity index (χ2v) is 3.22. The number of ether oxygens (including phenoxy) is 1. The lowest BCUT2D eigenvalue weighted by molar-refractivity contribution is -0.137. The van der Waals surface area contributed by atoms with Gasteiger partial charge in [-0.2, -0.15) is 0 Å². The molecule has 5 nitrogen and oxygen atoms in total. The number of aromatic nitrogens is 2. The molecule has 1 aromatic heterocycles. The average Bonchev–Trinajstić information content (AvgIpc) is 2.75. The molecule has 0 aliphatic heterocycles. The van der Waals surface area contributed by atoms with E-state index in [4.69, 9.17) is 4.74 Å². The van der Waals surface area contributed by atoms with Gasteiger partial charge in [0.05, 0.1) is 6.61 Å². The monoisotopic (exact) mass is 236 g/mol. The molecule has 0 spiro atoms. The quantitative estimate of drug-likeness (QED) is 0.601. The van der Waals surface area contributed by atoms with Crippen molar-refractivity contribution in [2.24, 2.45) is 0 Å². The molecule has 0 fully saturated rings. The van der Waals surface area contributed by atoms with E-state index in [1.807, 2.05) is 0 Å². The maximum atomic E-state index is 13.4. The van der Waals surface area contributed by atoms with E-state index >= 15 is 0 Å². The Labute approximate surface area is 95.8 Å². The molecule has 0 unspecified atom stereocenters. The Hall–Kier alpha value is -2.24. The summed E-state index contributed by atoms with van der Waals surface area (Å²) >= 11 is 0. The van der Waals surface area contributed by atoms with Crippen molar-refractivity contribution >= 4 is 23.1 Å². The molecule has 0 N–H and O–H groups in total. The number of hydrogen-bond acceptors (Lipinski definition) is 5. The van der Waals surface area contributed by atoms with Crippen molar-refractivity contribution in [2.75, 3.05) is 6.61 Å². The van der Waals surface area contributed by atoms with Crippen LogP contribution in [0.2, 0.25) is 0 Å². The Kier molecular flexibility index (Phi) is 3.13. The third kappa shape index (κ3) is 2.47. The zero-order valence-corrected chi connectivity index (χ0v) is 9.01. The van der Waals surface area contributed by atoms with Crippen LogP contribution in [0.5, 0.6) is 0 Å². The molecular weight excluding hydrogens is 227 g/mol. The Morgan fingerprint density at radius 1 is 1.53 bits per heavy atom. The van der Waals surface area contributed by atoms with E-state index in [9.17, 15) is 9.18 Å². The van der Waals surface area contributed by atoms with E-state index in [1.165, 1.54) is 18.2 Å². The Morgan fingerprint density at radius 3 is 3.12 bits per heavy atom. The van der Waals surface area contributed by atoms with Crippen LogP contribution in [0.15, 0.2) is 22.8 Å².